The zero-order valence-electron chi connectivity index (χ0n) is 7.63. The van der Waals surface area contributed by atoms with Crippen LogP contribution in [0.4, 0.5) is 8.78 Å². The molecule has 1 fully saturated rings. The number of halogens is 2. The Labute approximate surface area is 80.1 Å². The molecule has 1 rings (SSSR count). The third-order valence-corrected chi connectivity index (χ3v) is 2.55. The van der Waals surface area contributed by atoms with E-state index in [1.807, 2.05) is 0 Å². The molecule has 14 heavy (non-hydrogen) atoms. The largest absolute Gasteiger partial charge is 0.476 e. The Balaban J connectivity index is 2.36. The number of ketones is 1. The second kappa shape index (κ2) is 4.02. The van der Waals surface area contributed by atoms with Gasteiger partial charge in [-0.05, 0) is 18.8 Å². The lowest BCUT2D eigenvalue weighted by molar-refractivity contribution is -0.149. The smallest absolute Gasteiger partial charge is 0.372 e. The molecule has 0 aromatic rings. The van der Waals surface area contributed by atoms with E-state index in [0.717, 1.165) is 0 Å². The zero-order chi connectivity index (χ0) is 10.8. The molecule has 0 aromatic heterocycles. The van der Waals surface area contributed by atoms with Crippen molar-refractivity contribution in [2.24, 2.45) is 5.92 Å². The summed E-state index contributed by atoms with van der Waals surface area (Å²) in [4.78, 5) is 21.0. The van der Waals surface area contributed by atoms with E-state index in [0.29, 0.717) is 0 Å². The molecule has 0 amide bonds. The van der Waals surface area contributed by atoms with Crippen LogP contribution in [0.25, 0.3) is 0 Å². The van der Waals surface area contributed by atoms with Crippen molar-refractivity contribution in [1.29, 1.82) is 0 Å². The fourth-order valence-electron chi connectivity index (χ4n) is 1.65. The highest BCUT2D eigenvalue weighted by Gasteiger charge is 2.35. The summed E-state index contributed by atoms with van der Waals surface area (Å²) in [6, 6.07) is 0. The van der Waals surface area contributed by atoms with Gasteiger partial charge in [0.05, 0.1) is 0 Å². The minimum atomic E-state index is -2.62. The number of carbonyl (C=O) groups is 2. The first-order valence-electron chi connectivity index (χ1n) is 4.55. The van der Waals surface area contributed by atoms with Crippen molar-refractivity contribution < 1.29 is 23.5 Å². The highest BCUT2D eigenvalue weighted by atomic mass is 19.3. The van der Waals surface area contributed by atoms with Gasteiger partial charge >= 0.3 is 5.97 Å². The third-order valence-electron chi connectivity index (χ3n) is 2.55. The van der Waals surface area contributed by atoms with Gasteiger partial charge in [0.15, 0.2) is 0 Å². The minimum absolute atomic E-state index is 0.106. The Kier molecular flexibility index (Phi) is 3.18. The van der Waals surface area contributed by atoms with Gasteiger partial charge in [-0.3, -0.25) is 4.79 Å². The molecule has 0 aliphatic heterocycles. The summed E-state index contributed by atoms with van der Waals surface area (Å²) in [6.07, 6.45) is -0.0847. The van der Waals surface area contributed by atoms with E-state index in [-0.39, 0.29) is 38.0 Å². The number of hydrogen-bond acceptors (Lipinski definition) is 2. The first-order chi connectivity index (χ1) is 6.41. The van der Waals surface area contributed by atoms with Crippen LogP contribution in [0.15, 0.2) is 0 Å². The van der Waals surface area contributed by atoms with Crippen LogP contribution in [-0.4, -0.2) is 22.8 Å². The Morgan fingerprint density at radius 1 is 1.29 bits per heavy atom. The Morgan fingerprint density at radius 3 is 2.21 bits per heavy atom. The molecule has 3 nitrogen and oxygen atoms in total. The molecule has 0 aromatic carbocycles. The number of Topliss-reactive ketones (excluding diaryl/α,β-unsaturated/α-hetero) is 1. The number of rotatable bonds is 3. The summed E-state index contributed by atoms with van der Waals surface area (Å²) in [5.41, 5.74) is 0. The maximum absolute atomic E-state index is 12.7. The summed E-state index contributed by atoms with van der Waals surface area (Å²) in [5.74, 6) is -5.15. The second-order valence-electron chi connectivity index (χ2n) is 3.73. The fourth-order valence-corrected chi connectivity index (χ4v) is 1.65. The molecular weight excluding hydrogens is 194 g/mol. The van der Waals surface area contributed by atoms with Gasteiger partial charge in [0.1, 0.15) is 0 Å². The third kappa shape index (κ3) is 3.05. The maximum Gasteiger partial charge on any atom is 0.372 e. The van der Waals surface area contributed by atoms with E-state index >= 15 is 0 Å². The highest BCUT2D eigenvalue weighted by molar-refractivity contribution is 6.32. The van der Waals surface area contributed by atoms with Crippen molar-refractivity contribution in [3.63, 3.8) is 0 Å². The van der Waals surface area contributed by atoms with Gasteiger partial charge in [-0.1, -0.05) is 0 Å². The van der Waals surface area contributed by atoms with E-state index < -0.39 is 17.7 Å². The van der Waals surface area contributed by atoms with Gasteiger partial charge in [0.2, 0.25) is 11.7 Å². The number of carboxylic acids is 1. The standard InChI is InChI=1S/C9H12F2O3/c10-9(11)3-1-6(2-4-9)5-7(12)8(13)14/h6H,1-5H2,(H,13,14). The first kappa shape index (κ1) is 11.1. The van der Waals surface area contributed by atoms with E-state index in [1.165, 1.54) is 0 Å². The van der Waals surface area contributed by atoms with Crippen LogP contribution in [0.3, 0.4) is 0 Å². The van der Waals surface area contributed by atoms with Crippen LogP contribution in [0, 0.1) is 5.92 Å². The molecule has 1 aliphatic carbocycles. The average molecular weight is 206 g/mol. The normalized spacial score (nSPS) is 21.9. The first-order valence-corrected chi connectivity index (χ1v) is 4.55. The molecule has 5 heteroatoms. The Hall–Kier alpha value is -1.00. The average Bonchev–Trinajstić information content (AvgIpc) is 2.08. The number of alkyl halides is 2. The van der Waals surface area contributed by atoms with Crippen molar-refractivity contribution in [1.82, 2.24) is 0 Å². The number of carbonyl (C=O) groups excluding carboxylic acids is 1. The van der Waals surface area contributed by atoms with Gasteiger partial charge in [-0.25, -0.2) is 13.6 Å². The van der Waals surface area contributed by atoms with Crippen LogP contribution in [-0.2, 0) is 9.59 Å². The summed E-state index contributed by atoms with van der Waals surface area (Å²) in [5, 5.41) is 8.32. The second-order valence-corrected chi connectivity index (χ2v) is 3.73. The Bertz CT molecular complexity index is 240. The maximum atomic E-state index is 12.7. The van der Waals surface area contributed by atoms with Crippen LogP contribution in [0.1, 0.15) is 32.1 Å². The summed E-state index contributed by atoms with van der Waals surface area (Å²) in [7, 11) is 0. The molecule has 0 unspecified atom stereocenters. The molecule has 0 saturated heterocycles. The summed E-state index contributed by atoms with van der Waals surface area (Å²) < 4.78 is 25.3. The van der Waals surface area contributed by atoms with Crippen molar-refractivity contribution >= 4 is 11.8 Å². The predicted octanol–water partition coefficient (Wildman–Crippen LogP) is 1.86. The van der Waals surface area contributed by atoms with E-state index in [1.54, 1.807) is 0 Å². The van der Waals surface area contributed by atoms with Crippen molar-refractivity contribution in [3.05, 3.63) is 0 Å². The Morgan fingerprint density at radius 2 is 1.79 bits per heavy atom. The molecule has 1 N–H and O–H groups in total. The predicted molar refractivity (Wildman–Crippen MR) is 44.2 cm³/mol. The monoisotopic (exact) mass is 206 g/mol. The van der Waals surface area contributed by atoms with Crippen LogP contribution >= 0.6 is 0 Å². The van der Waals surface area contributed by atoms with Crippen LogP contribution in [0.2, 0.25) is 0 Å². The quantitative estimate of drug-likeness (QED) is 0.717. The highest BCUT2D eigenvalue weighted by Crippen LogP contribution is 2.37. The van der Waals surface area contributed by atoms with Crippen molar-refractivity contribution in [2.45, 2.75) is 38.0 Å². The van der Waals surface area contributed by atoms with Gasteiger partial charge in [-0.2, -0.15) is 0 Å². The van der Waals surface area contributed by atoms with E-state index in [9.17, 15) is 18.4 Å². The van der Waals surface area contributed by atoms with Gasteiger partial charge in [0, 0.05) is 19.3 Å². The molecular formula is C9H12F2O3. The van der Waals surface area contributed by atoms with E-state index in [2.05, 4.69) is 0 Å². The van der Waals surface area contributed by atoms with Crippen LogP contribution < -0.4 is 0 Å². The molecule has 0 radical (unpaired) electrons. The van der Waals surface area contributed by atoms with Crippen molar-refractivity contribution in [3.8, 4) is 0 Å². The van der Waals surface area contributed by atoms with Gasteiger partial charge in [-0.15, -0.1) is 0 Å². The SMILES string of the molecule is O=C(O)C(=O)CC1CCC(F)(F)CC1. The molecule has 80 valence electrons. The number of aliphatic carboxylic acids is 1. The molecule has 0 atom stereocenters. The summed E-state index contributed by atoms with van der Waals surface area (Å²) >= 11 is 0. The number of carboxylic acid groups (broad SMARTS) is 1. The lowest BCUT2D eigenvalue weighted by atomic mass is 9.84. The van der Waals surface area contributed by atoms with Crippen LogP contribution in [0.5, 0.6) is 0 Å². The molecule has 1 saturated carbocycles. The molecule has 0 bridgehead atoms. The van der Waals surface area contributed by atoms with Gasteiger partial charge in [0.25, 0.3) is 0 Å². The minimum Gasteiger partial charge on any atom is -0.476 e. The van der Waals surface area contributed by atoms with Crippen molar-refractivity contribution in [2.75, 3.05) is 0 Å². The number of hydrogen-bond donors (Lipinski definition) is 1. The zero-order valence-corrected chi connectivity index (χ0v) is 7.63. The molecule has 0 heterocycles. The topological polar surface area (TPSA) is 54.4 Å². The lowest BCUT2D eigenvalue weighted by Crippen LogP contribution is -2.27. The molecule has 0 spiro atoms. The molecule has 1 aliphatic rings. The fraction of sp³-hybridized carbons (Fsp3) is 0.778. The lowest BCUT2D eigenvalue weighted by Gasteiger charge is -2.27. The summed E-state index contributed by atoms with van der Waals surface area (Å²) in [6.45, 7) is 0. The van der Waals surface area contributed by atoms with E-state index in [4.69, 9.17) is 5.11 Å². The van der Waals surface area contributed by atoms with Gasteiger partial charge < -0.3 is 5.11 Å².